The van der Waals surface area contributed by atoms with Gasteiger partial charge in [0.25, 0.3) is 5.56 Å². The van der Waals surface area contributed by atoms with Gasteiger partial charge in [-0.2, -0.15) is 4.98 Å². The molecule has 0 atom stereocenters. The molecule has 0 spiro atoms. The van der Waals surface area contributed by atoms with Crippen molar-refractivity contribution in [1.29, 1.82) is 5.41 Å². The van der Waals surface area contributed by atoms with Gasteiger partial charge in [0.2, 0.25) is 5.95 Å². The van der Waals surface area contributed by atoms with Crippen LogP contribution in [0.25, 0.3) is 22.2 Å². The molecule has 3 N–H and O–H groups in total. The zero-order valence-corrected chi connectivity index (χ0v) is 22.2. The lowest BCUT2D eigenvalue weighted by Crippen LogP contribution is -2.27. The maximum atomic E-state index is 14.9. The molecule has 0 radical (unpaired) electrons. The second-order valence-electron chi connectivity index (χ2n) is 9.49. The molecule has 0 aliphatic carbocycles. The Balaban J connectivity index is 1.47. The molecule has 9 heteroatoms. The molecule has 0 unspecified atom stereocenters. The highest BCUT2D eigenvalue weighted by molar-refractivity contribution is 6.33. The molecular formula is C29H30ClFN6O. The number of fused-ring (bicyclic) bond motifs is 1. The van der Waals surface area contributed by atoms with Crippen LogP contribution in [0.15, 0.2) is 53.5 Å². The van der Waals surface area contributed by atoms with Crippen molar-refractivity contribution in [1.82, 2.24) is 19.9 Å². The monoisotopic (exact) mass is 532 g/mol. The Bertz CT molecular complexity index is 1580. The Hall–Kier alpha value is -3.62. The number of pyridine rings is 1. The summed E-state index contributed by atoms with van der Waals surface area (Å²) in [4.78, 5) is 22.5. The van der Waals surface area contributed by atoms with Crippen LogP contribution in [0.1, 0.15) is 50.2 Å². The number of hydrogen-bond donors (Lipinski definition) is 3. The lowest BCUT2D eigenvalue weighted by molar-refractivity contribution is 0.445. The van der Waals surface area contributed by atoms with Crippen molar-refractivity contribution in [3.05, 3.63) is 81.0 Å². The van der Waals surface area contributed by atoms with Crippen LogP contribution in [0, 0.1) is 11.2 Å². The zero-order valence-electron chi connectivity index (χ0n) is 21.4. The van der Waals surface area contributed by atoms with Crippen LogP contribution in [0.3, 0.4) is 0 Å². The lowest BCUT2D eigenvalue weighted by Gasteiger charge is -2.23. The first kappa shape index (κ1) is 26.0. The number of nitrogens with one attached hydrogen (secondary N) is 3. The largest absolute Gasteiger partial charge is 0.324 e. The second kappa shape index (κ2) is 11.0. The number of hydrogen-bond acceptors (Lipinski definition) is 6. The van der Waals surface area contributed by atoms with Crippen LogP contribution in [-0.4, -0.2) is 33.3 Å². The molecule has 2 aromatic carbocycles. The summed E-state index contributed by atoms with van der Waals surface area (Å²) in [6.07, 6.45) is 4.09. The summed E-state index contributed by atoms with van der Waals surface area (Å²) in [6.45, 7) is 5.99. The molecule has 7 nitrogen and oxygen atoms in total. The van der Waals surface area contributed by atoms with Crippen LogP contribution in [0.2, 0.25) is 5.02 Å². The molecule has 3 heterocycles. The molecule has 1 saturated heterocycles. The number of halogens is 2. The van der Waals surface area contributed by atoms with Crippen molar-refractivity contribution >= 4 is 40.0 Å². The van der Waals surface area contributed by atoms with Crippen LogP contribution < -0.4 is 16.2 Å². The molecule has 5 rings (SSSR count). The van der Waals surface area contributed by atoms with Gasteiger partial charge in [0.05, 0.1) is 0 Å². The normalized spacial score (nSPS) is 14.1. The van der Waals surface area contributed by atoms with Crippen molar-refractivity contribution < 1.29 is 4.39 Å². The van der Waals surface area contributed by atoms with E-state index in [9.17, 15) is 9.18 Å². The first-order chi connectivity index (χ1) is 18.4. The van der Waals surface area contributed by atoms with E-state index >= 15 is 0 Å². The summed E-state index contributed by atoms with van der Waals surface area (Å²) in [5.41, 5.74) is 3.80. The molecule has 0 saturated carbocycles. The topological polar surface area (TPSA) is 95.7 Å². The minimum absolute atomic E-state index is 0.220. The van der Waals surface area contributed by atoms with E-state index in [-0.39, 0.29) is 23.2 Å². The Kier molecular flexibility index (Phi) is 7.53. The van der Waals surface area contributed by atoms with Crippen LogP contribution in [0.5, 0.6) is 0 Å². The van der Waals surface area contributed by atoms with Crippen molar-refractivity contribution in [3.63, 3.8) is 0 Å². The standard InChI is InChI=1S/C29H30ClFN6O/c1-3-26(32)18-5-7-22(24(30)14-18)23-13-19-16-34-29(36-27(19)37(4-2)28(23)38)35-20-6-8-21(25(31)15-20)17-9-11-33-12-10-17/h5-8,13-17,32-33H,3-4,9-12H2,1-2H3,(H,34,35,36). The summed E-state index contributed by atoms with van der Waals surface area (Å²) in [5.74, 6) is 0.259. The lowest BCUT2D eigenvalue weighted by atomic mass is 9.90. The van der Waals surface area contributed by atoms with E-state index < -0.39 is 0 Å². The van der Waals surface area contributed by atoms with Gasteiger partial charge in [0, 0.05) is 45.7 Å². The minimum atomic E-state index is -0.241. The van der Waals surface area contributed by atoms with E-state index in [4.69, 9.17) is 17.0 Å². The molecule has 196 valence electrons. The predicted molar refractivity (Wildman–Crippen MR) is 152 cm³/mol. The van der Waals surface area contributed by atoms with Gasteiger partial charge in [-0.05, 0) is 80.6 Å². The third-order valence-corrected chi connectivity index (χ3v) is 7.45. The molecule has 38 heavy (non-hydrogen) atoms. The summed E-state index contributed by atoms with van der Waals surface area (Å²) in [5, 5.41) is 15.6. The number of nitrogens with zero attached hydrogens (tertiary/aromatic N) is 3. The summed E-state index contributed by atoms with van der Waals surface area (Å²) in [7, 11) is 0. The van der Waals surface area contributed by atoms with Gasteiger partial charge in [0.1, 0.15) is 11.5 Å². The SMILES string of the molecule is CCC(=N)c1ccc(-c2cc3cnc(Nc4ccc(C5CCNCC5)c(F)c4)nc3n(CC)c2=O)c(Cl)c1. The van der Waals surface area contributed by atoms with Gasteiger partial charge < -0.3 is 16.0 Å². The fraction of sp³-hybridized carbons (Fsp3) is 0.310. The highest BCUT2D eigenvalue weighted by Crippen LogP contribution is 2.31. The highest BCUT2D eigenvalue weighted by Gasteiger charge is 2.19. The van der Waals surface area contributed by atoms with Crippen LogP contribution >= 0.6 is 11.6 Å². The van der Waals surface area contributed by atoms with Crippen molar-refractivity contribution in [2.45, 2.75) is 45.6 Å². The molecule has 0 bridgehead atoms. The van der Waals surface area contributed by atoms with Gasteiger partial charge in [-0.15, -0.1) is 0 Å². The van der Waals surface area contributed by atoms with E-state index in [2.05, 4.69) is 20.6 Å². The van der Waals surface area contributed by atoms with Gasteiger partial charge >= 0.3 is 0 Å². The third-order valence-electron chi connectivity index (χ3n) is 7.14. The summed E-state index contributed by atoms with van der Waals surface area (Å²) in [6, 6.07) is 12.2. The molecule has 1 aliphatic heterocycles. The number of aryl methyl sites for hydroxylation is 1. The average Bonchev–Trinajstić information content (AvgIpc) is 2.93. The van der Waals surface area contributed by atoms with Crippen molar-refractivity contribution in [3.8, 4) is 11.1 Å². The number of anilines is 2. The van der Waals surface area contributed by atoms with E-state index in [0.29, 0.717) is 51.5 Å². The van der Waals surface area contributed by atoms with E-state index in [0.717, 1.165) is 37.1 Å². The maximum Gasteiger partial charge on any atom is 0.260 e. The fourth-order valence-electron chi connectivity index (χ4n) is 5.03. The Morgan fingerprint density at radius 2 is 1.95 bits per heavy atom. The molecule has 1 fully saturated rings. The Labute approximate surface area is 225 Å². The molecule has 0 amide bonds. The first-order valence-electron chi connectivity index (χ1n) is 12.9. The number of aromatic nitrogens is 3. The van der Waals surface area contributed by atoms with Crippen molar-refractivity contribution in [2.75, 3.05) is 18.4 Å². The smallest absolute Gasteiger partial charge is 0.260 e. The van der Waals surface area contributed by atoms with E-state index in [1.165, 1.54) is 6.07 Å². The maximum absolute atomic E-state index is 14.9. The highest BCUT2D eigenvalue weighted by atomic mass is 35.5. The summed E-state index contributed by atoms with van der Waals surface area (Å²) >= 11 is 6.55. The summed E-state index contributed by atoms with van der Waals surface area (Å²) < 4.78 is 16.5. The van der Waals surface area contributed by atoms with Crippen molar-refractivity contribution in [2.24, 2.45) is 0 Å². The molecule has 4 aromatic rings. The number of rotatable bonds is 7. The van der Waals surface area contributed by atoms with Gasteiger partial charge in [-0.25, -0.2) is 9.37 Å². The van der Waals surface area contributed by atoms with Crippen LogP contribution in [-0.2, 0) is 6.54 Å². The zero-order chi connectivity index (χ0) is 26.8. The van der Waals surface area contributed by atoms with E-state index in [1.54, 1.807) is 29.0 Å². The molecular weight excluding hydrogens is 503 g/mol. The van der Waals surface area contributed by atoms with Gasteiger partial charge in [0.15, 0.2) is 0 Å². The average molecular weight is 533 g/mol. The Morgan fingerprint density at radius 1 is 1.16 bits per heavy atom. The van der Waals surface area contributed by atoms with E-state index in [1.807, 2.05) is 32.0 Å². The molecule has 1 aliphatic rings. The second-order valence-corrected chi connectivity index (χ2v) is 9.90. The quantitative estimate of drug-likeness (QED) is 0.244. The predicted octanol–water partition coefficient (Wildman–Crippen LogP) is 6.26. The minimum Gasteiger partial charge on any atom is -0.324 e. The molecule has 2 aromatic heterocycles. The Morgan fingerprint density at radius 3 is 2.63 bits per heavy atom. The van der Waals surface area contributed by atoms with Gasteiger partial charge in [-0.1, -0.05) is 36.7 Å². The number of benzene rings is 2. The number of piperidine rings is 1. The fourth-order valence-corrected chi connectivity index (χ4v) is 5.31. The van der Waals surface area contributed by atoms with Gasteiger partial charge in [-0.3, -0.25) is 9.36 Å². The third kappa shape index (κ3) is 5.06. The van der Waals surface area contributed by atoms with Crippen LogP contribution in [0.4, 0.5) is 16.0 Å². The first-order valence-corrected chi connectivity index (χ1v) is 13.3.